The van der Waals surface area contributed by atoms with E-state index >= 15 is 0 Å². The van der Waals surface area contributed by atoms with Crippen molar-refractivity contribution in [2.75, 3.05) is 0 Å². The molecule has 1 saturated carbocycles. The van der Waals surface area contributed by atoms with Gasteiger partial charge < -0.3 is 25.4 Å². The molecule has 0 heterocycles. The highest BCUT2D eigenvalue weighted by atomic mass is 16.6. The highest BCUT2D eigenvalue weighted by Crippen LogP contribution is 2.35. The molecule has 0 aliphatic heterocycles. The molecule has 2 aromatic carbocycles. The Bertz CT molecular complexity index is 1210. The largest absolute Gasteiger partial charge is 0.508 e. The molecule has 2 atom stereocenters. The van der Waals surface area contributed by atoms with Gasteiger partial charge in [0.15, 0.2) is 0 Å². The number of nitrogens with zero attached hydrogens (tertiary/aromatic N) is 1. The Morgan fingerprint density at radius 1 is 1.07 bits per heavy atom. The number of benzene rings is 2. The summed E-state index contributed by atoms with van der Waals surface area (Å²) in [5.74, 6) is -0.569. The molecule has 1 aliphatic carbocycles. The van der Waals surface area contributed by atoms with E-state index in [1.807, 2.05) is 45.0 Å². The lowest BCUT2D eigenvalue weighted by atomic mass is 9.87. The molecule has 3 N–H and O–H groups in total. The predicted octanol–water partition coefficient (Wildman–Crippen LogP) is 5.51. The second-order valence-electron chi connectivity index (χ2n) is 12.4. The molecule has 0 radical (unpaired) electrons. The number of aromatic hydroxyl groups is 1. The van der Waals surface area contributed by atoms with E-state index in [-0.39, 0.29) is 30.0 Å². The van der Waals surface area contributed by atoms with E-state index in [2.05, 4.69) is 17.2 Å². The normalized spacial score (nSPS) is 15.2. The van der Waals surface area contributed by atoms with Crippen molar-refractivity contribution in [1.29, 1.82) is 0 Å². The van der Waals surface area contributed by atoms with Gasteiger partial charge in [0.2, 0.25) is 11.8 Å². The number of carbonyl (C=O) groups excluding carboxylic acids is 3. The van der Waals surface area contributed by atoms with E-state index < -0.39 is 29.3 Å². The summed E-state index contributed by atoms with van der Waals surface area (Å²) in [5, 5.41) is 15.6. The zero-order valence-corrected chi connectivity index (χ0v) is 24.5. The number of amides is 3. The highest BCUT2D eigenvalue weighted by molar-refractivity contribution is 5.93. The molecule has 1 fully saturated rings. The average molecular weight is 550 g/mol. The third-order valence-corrected chi connectivity index (χ3v) is 6.57. The highest BCUT2D eigenvalue weighted by Gasteiger charge is 2.42. The van der Waals surface area contributed by atoms with Crippen molar-refractivity contribution in [3.63, 3.8) is 0 Å². The van der Waals surface area contributed by atoms with E-state index in [0.29, 0.717) is 5.56 Å². The van der Waals surface area contributed by atoms with Crippen LogP contribution in [0, 0.1) is 0 Å². The SMILES string of the molecule is C=Cc1cccc(C(C(=O)NC(C)(C)C)N(C(=O)C(Cc2ccc(O)cc2)NC(=O)OC(C)(C)C)C2CCC2)c1. The molecule has 0 spiro atoms. The third-order valence-electron chi connectivity index (χ3n) is 6.57. The topological polar surface area (TPSA) is 108 Å². The number of hydrogen-bond acceptors (Lipinski definition) is 5. The molecule has 216 valence electrons. The van der Waals surface area contributed by atoms with Gasteiger partial charge in [-0.3, -0.25) is 9.59 Å². The summed E-state index contributed by atoms with van der Waals surface area (Å²) in [6.07, 6.45) is 3.59. The maximum atomic E-state index is 14.5. The average Bonchev–Trinajstić information content (AvgIpc) is 2.81. The van der Waals surface area contributed by atoms with Crippen molar-refractivity contribution in [3.05, 3.63) is 71.8 Å². The van der Waals surface area contributed by atoms with Gasteiger partial charge in [0.05, 0.1) is 0 Å². The number of carbonyl (C=O) groups is 3. The van der Waals surface area contributed by atoms with Gasteiger partial charge in [-0.2, -0.15) is 0 Å². The molecule has 3 rings (SSSR count). The van der Waals surface area contributed by atoms with Gasteiger partial charge in [0, 0.05) is 18.0 Å². The fourth-order valence-corrected chi connectivity index (χ4v) is 4.61. The van der Waals surface area contributed by atoms with Gasteiger partial charge in [-0.25, -0.2) is 4.79 Å². The summed E-state index contributed by atoms with van der Waals surface area (Å²) < 4.78 is 5.49. The van der Waals surface area contributed by atoms with Crippen LogP contribution in [0.25, 0.3) is 6.08 Å². The molecular weight excluding hydrogens is 506 g/mol. The molecule has 2 aromatic rings. The van der Waals surface area contributed by atoms with Crippen molar-refractivity contribution in [1.82, 2.24) is 15.5 Å². The first-order valence-corrected chi connectivity index (χ1v) is 13.8. The van der Waals surface area contributed by atoms with Crippen molar-refractivity contribution in [3.8, 4) is 5.75 Å². The lowest BCUT2D eigenvalue weighted by Crippen LogP contribution is -2.59. The minimum Gasteiger partial charge on any atom is -0.508 e. The quantitative estimate of drug-likeness (QED) is 0.382. The number of rotatable bonds is 9. The van der Waals surface area contributed by atoms with Crippen LogP contribution in [-0.4, -0.2) is 51.1 Å². The van der Waals surface area contributed by atoms with E-state index in [0.717, 1.165) is 30.4 Å². The Kier molecular flexibility index (Phi) is 9.66. The number of phenols is 1. The fourth-order valence-electron chi connectivity index (χ4n) is 4.61. The van der Waals surface area contributed by atoms with E-state index in [1.54, 1.807) is 43.9 Å². The first-order chi connectivity index (χ1) is 18.7. The van der Waals surface area contributed by atoms with Crippen molar-refractivity contribution < 1.29 is 24.2 Å². The van der Waals surface area contributed by atoms with Crippen LogP contribution in [0.5, 0.6) is 5.75 Å². The second-order valence-corrected chi connectivity index (χ2v) is 12.4. The van der Waals surface area contributed by atoms with Gasteiger partial charge in [-0.15, -0.1) is 0 Å². The van der Waals surface area contributed by atoms with Gasteiger partial charge in [0.1, 0.15) is 23.4 Å². The molecule has 3 amide bonds. The van der Waals surface area contributed by atoms with Gasteiger partial charge in [0.25, 0.3) is 0 Å². The summed E-state index contributed by atoms with van der Waals surface area (Å²) in [5.41, 5.74) is 0.953. The number of ether oxygens (including phenoxy) is 1. The Balaban J connectivity index is 2.08. The third kappa shape index (κ3) is 8.60. The summed E-state index contributed by atoms with van der Waals surface area (Å²) in [6, 6.07) is 11.8. The molecule has 0 aromatic heterocycles. The standard InChI is InChI=1S/C32H43N3O5/c1-8-21-11-9-12-23(19-21)27(28(37)34-31(2,3)4)35(24-13-10-14-24)29(38)26(33-30(39)40-32(5,6)7)20-22-15-17-25(36)18-16-22/h8-9,11-12,15-19,24,26-27,36H,1,10,13-14,20H2,2-7H3,(H,33,39)(H,34,37). The molecule has 0 bridgehead atoms. The zero-order chi connectivity index (χ0) is 29.7. The molecule has 1 aliphatic rings. The fraction of sp³-hybridized carbons (Fsp3) is 0.469. The smallest absolute Gasteiger partial charge is 0.408 e. The van der Waals surface area contributed by atoms with Crippen LogP contribution in [0.15, 0.2) is 55.1 Å². The van der Waals surface area contributed by atoms with E-state index in [1.165, 1.54) is 12.1 Å². The molecule has 40 heavy (non-hydrogen) atoms. The maximum Gasteiger partial charge on any atom is 0.408 e. The molecule has 2 unspecified atom stereocenters. The summed E-state index contributed by atoms with van der Waals surface area (Å²) in [4.78, 5) is 43.0. The molecule has 0 saturated heterocycles. The second kappa shape index (κ2) is 12.6. The van der Waals surface area contributed by atoms with Crippen LogP contribution in [-0.2, 0) is 20.7 Å². The number of phenolic OH excluding ortho intramolecular Hbond substituents is 1. The van der Waals surface area contributed by atoms with Gasteiger partial charge in [-0.05, 0) is 95.7 Å². The van der Waals surface area contributed by atoms with Crippen molar-refractivity contribution in [2.24, 2.45) is 0 Å². The Hall–Kier alpha value is -3.81. The van der Waals surface area contributed by atoms with Crippen LogP contribution in [0.2, 0.25) is 0 Å². The zero-order valence-electron chi connectivity index (χ0n) is 24.5. The van der Waals surface area contributed by atoms with Crippen LogP contribution in [0.1, 0.15) is 83.5 Å². The van der Waals surface area contributed by atoms with Gasteiger partial charge >= 0.3 is 6.09 Å². The maximum absolute atomic E-state index is 14.5. The van der Waals surface area contributed by atoms with Crippen molar-refractivity contribution in [2.45, 2.75) is 96.5 Å². The van der Waals surface area contributed by atoms with Crippen LogP contribution < -0.4 is 10.6 Å². The van der Waals surface area contributed by atoms with Crippen molar-refractivity contribution >= 4 is 24.0 Å². The summed E-state index contributed by atoms with van der Waals surface area (Å²) in [7, 11) is 0. The van der Waals surface area contributed by atoms with E-state index in [4.69, 9.17) is 4.74 Å². The lowest BCUT2D eigenvalue weighted by molar-refractivity contribution is -0.148. The Morgan fingerprint density at radius 3 is 2.25 bits per heavy atom. The summed E-state index contributed by atoms with van der Waals surface area (Å²) >= 11 is 0. The molecular formula is C32H43N3O5. The minimum atomic E-state index is -1.01. The van der Waals surface area contributed by atoms with Gasteiger partial charge in [-0.1, -0.05) is 43.0 Å². The Labute approximate surface area is 237 Å². The predicted molar refractivity (Wildman–Crippen MR) is 157 cm³/mol. The molecule has 8 nitrogen and oxygen atoms in total. The lowest BCUT2D eigenvalue weighted by Gasteiger charge is -2.44. The molecule has 8 heteroatoms. The first kappa shape index (κ1) is 30.7. The Morgan fingerprint density at radius 2 is 1.73 bits per heavy atom. The summed E-state index contributed by atoms with van der Waals surface area (Å²) in [6.45, 7) is 14.8. The number of nitrogens with one attached hydrogen (secondary N) is 2. The van der Waals surface area contributed by atoms with Crippen LogP contribution >= 0.6 is 0 Å². The number of hydrogen-bond donors (Lipinski definition) is 3. The number of alkyl carbamates (subject to hydrolysis) is 1. The van der Waals surface area contributed by atoms with Crippen LogP contribution in [0.4, 0.5) is 4.79 Å². The minimum absolute atomic E-state index is 0.101. The first-order valence-electron chi connectivity index (χ1n) is 13.8. The van der Waals surface area contributed by atoms with Crippen LogP contribution in [0.3, 0.4) is 0 Å². The monoisotopic (exact) mass is 549 g/mol. The van der Waals surface area contributed by atoms with E-state index in [9.17, 15) is 19.5 Å².